The number of anilines is 1. The van der Waals surface area contributed by atoms with E-state index in [2.05, 4.69) is 54.8 Å². The van der Waals surface area contributed by atoms with Gasteiger partial charge in [-0.2, -0.15) is 0 Å². The first kappa shape index (κ1) is 13.4. The lowest BCUT2D eigenvalue weighted by Gasteiger charge is -2.27. The predicted octanol–water partition coefficient (Wildman–Crippen LogP) is 3.95. The standard InChI is InChI=1S/C17H19NOS/c1-13-3-5-15(6-4-13)14(2)16-7-8-17(20-16)18-9-11-19-12-10-18/h3-8H,2,9-12H2,1H3. The van der Waals surface area contributed by atoms with Crippen LogP contribution in [0.1, 0.15) is 16.0 Å². The van der Waals surface area contributed by atoms with Crippen molar-refractivity contribution in [3.63, 3.8) is 0 Å². The molecular formula is C17H19NOS. The van der Waals surface area contributed by atoms with Crippen molar-refractivity contribution in [1.82, 2.24) is 0 Å². The van der Waals surface area contributed by atoms with E-state index in [0.29, 0.717) is 0 Å². The maximum absolute atomic E-state index is 5.40. The zero-order chi connectivity index (χ0) is 13.9. The molecular weight excluding hydrogens is 266 g/mol. The van der Waals surface area contributed by atoms with Crippen molar-refractivity contribution in [3.05, 3.63) is 59.0 Å². The number of aryl methyl sites for hydroxylation is 1. The van der Waals surface area contributed by atoms with Crippen LogP contribution in [0.15, 0.2) is 43.0 Å². The summed E-state index contributed by atoms with van der Waals surface area (Å²) in [5.74, 6) is 0. The lowest BCUT2D eigenvalue weighted by Crippen LogP contribution is -2.35. The number of benzene rings is 1. The van der Waals surface area contributed by atoms with Gasteiger partial charge < -0.3 is 9.64 Å². The summed E-state index contributed by atoms with van der Waals surface area (Å²) in [7, 11) is 0. The fourth-order valence-electron chi connectivity index (χ4n) is 2.34. The average Bonchev–Trinajstić information content (AvgIpc) is 2.98. The Bertz CT molecular complexity index is 594. The fourth-order valence-corrected chi connectivity index (χ4v) is 3.39. The Balaban J connectivity index is 1.78. The van der Waals surface area contributed by atoms with Gasteiger partial charge in [0.15, 0.2) is 0 Å². The Morgan fingerprint density at radius 1 is 1.10 bits per heavy atom. The number of hydrogen-bond acceptors (Lipinski definition) is 3. The molecule has 0 atom stereocenters. The summed E-state index contributed by atoms with van der Waals surface area (Å²) in [5, 5.41) is 1.32. The van der Waals surface area contributed by atoms with E-state index in [4.69, 9.17) is 4.74 Å². The molecule has 1 aromatic heterocycles. The van der Waals surface area contributed by atoms with Crippen molar-refractivity contribution in [2.24, 2.45) is 0 Å². The molecule has 1 aliphatic heterocycles. The number of hydrogen-bond donors (Lipinski definition) is 0. The summed E-state index contributed by atoms with van der Waals surface area (Å²) < 4.78 is 5.40. The molecule has 2 heterocycles. The van der Waals surface area contributed by atoms with Gasteiger partial charge >= 0.3 is 0 Å². The zero-order valence-electron chi connectivity index (χ0n) is 11.8. The molecule has 3 rings (SSSR count). The summed E-state index contributed by atoms with van der Waals surface area (Å²) in [4.78, 5) is 3.63. The molecule has 0 N–H and O–H groups in total. The highest BCUT2D eigenvalue weighted by Crippen LogP contribution is 2.33. The van der Waals surface area contributed by atoms with Crippen LogP contribution >= 0.6 is 11.3 Å². The van der Waals surface area contributed by atoms with Crippen LogP contribution in [0.2, 0.25) is 0 Å². The van der Waals surface area contributed by atoms with Crippen molar-refractivity contribution in [2.75, 3.05) is 31.2 Å². The van der Waals surface area contributed by atoms with Gasteiger partial charge in [0.25, 0.3) is 0 Å². The van der Waals surface area contributed by atoms with Gasteiger partial charge in [-0.15, -0.1) is 11.3 Å². The highest BCUT2D eigenvalue weighted by atomic mass is 32.1. The van der Waals surface area contributed by atoms with E-state index < -0.39 is 0 Å². The first-order valence-electron chi connectivity index (χ1n) is 6.93. The maximum atomic E-state index is 5.40. The molecule has 0 aliphatic carbocycles. The van der Waals surface area contributed by atoms with Crippen LogP contribution in [0.25, 0.3) is 5.57 Å². The first-order valence-corrected chi connectivity index (χ1v) is 7.74. The molecule has 2 nitrogen and oxygen atoms in total. The quantitative estimate of drug-likeness (QED) is 0.846. The lowest BCUT2D eigenvalue weighted by atomic mass is 10.0. The highest BCUT2D eigenvalue weighted by Gasteiger charge is 2.14. The molecule has 2 aromatic rings. The maximum Gasteiger partial charge on any atom is 0.0916 e. The Kier molecular flexibility index (Phi) is 3.90. The normalized spacial score (nSPS) is 15.3. The third-order valence-electron chi connectivity index (χ3n) is 3.61. The van der Waals surface area contributed by atoms with E-state index >= 15 is 0 Å². The van der Waals surface area contributed by atoms with Crippen LogP contribution in [0, 0.1) is 6.92 Å². The van der Waals surface area contributed by atoms with E-state index in [9.17, 15) is 0 Å². The summed E-state index contributed by atoms with van der Waals surface area (Å²) in [6.07, 6.45) is 0. The van der Waals surface area contributed by atoms with Crippen molar-refractivity contribution in [3.8, 4) is 0 Å². The summed E-state index contributed by atoms with van der Waals surface area (Å²) in [6.45, 7) is 9.97. The van der Waals surface area contributed by atoms with E-state index in [1.165, 1.54) is 21.0 Å². The molecule has 3 heteroatoms. The molecule has 0 radical (unpaired) electrons. The van der Waals surface area contributed by atoms with Crippen LogP contribution in [0.3, 0.4) is 0 Å². The molecule has 0 unspecified atom stereocenters. The molecule has 1 fully saturated rings. The van der Waals surface area contributed by atoms with Crippen molar-refractivity contribution in [1.29, 1.82) is 0 Å². The third kappa shape index (κ3) is 2.79. The van der Waals surface area contributed by atoms with E-state index in [0.717, 1.165) is 31.9 Å². The molecule has 104 valence electrons. The zero-order valence-corrected chi connectivity index (χ0v) is 12.6. The number of thiophene rings is 1. The second-order valence-corrected chi connectivity index (χ2v) is 6.14. The van der Waals surface area contributed by atoms with Crippen LogP contribution in [-0.2, 0) is 4.74 Å². The molecule has 0 bridgehead atoms. The first-order chi connectivity index (χ1) is 9.74. The summed E-state index contributed by atoms with van der Waals surface area (Å²) in [6, 6.07) is 12.9. The van der Waals surface area contributed by atoms with Crippen molar-refractivity contribution in [2.45, 2.75) is 6.92 Å². The Labute approximate surface area is 124 Å². The monoisotopic (exact) mass is 285 g/mol. The Hall–Kier alpha value is -1.58. The average molecular weight is 285 g/mol. The molecule has 1 saturated heterocycles. The van der Waals surface area contributed by atoms with Gasteiger partial charge in [-0.25, -0.2) is 0 Å². The van der Waals surface area contributed by atoms with Gasteiger partial charge in [0.2, 0.25) is 0 Å². The molecule has 1 aromatic carbocycles. The molecule has 0 amide bonds. The molecule has 20 heavy (non-hydrogen) atoms. The predicted molar refractivity (Wildman–Crippen MR) is 86.7 cm³/mol. The van der Waals surface area contributed by atoms with Crippen LogP contribution in [-0.4, -0.2) is 26.3 Å². The lowest BCUT2D eigenvalue weighted by molar-refractivity contribution is 0.123. The van der Waals surface area contributed by atoms with E-state index in [1.807, 2.05) is 11.3 Å². The smallest absolute Gasteiger partial charge is 0.0916 e. The second kappa shape index (κ2) is 5.81. The minimum Gasteiger partial charge on any atom is -0.378 e. The number of rotatable bonds is 3. The van der Waals surface area contributed by atoms with E-state index in [1.54, 1.807) is 0 Å². The second-order valence-electron chi connectivity index (χ2n) is 5.08. The van der Waals surface area contributed by atoms with Crippen LogP contribution < -0.4 is 4.90 Å². The SMILES string of the molecule is C=C(c1ccc(C)cc1)c1ccc(N2CCOCC2)s1. The topological polar surface area (TPSA) is 12.5 Å². The molecule has 0 spiro atoms. The minimum atomic E-state index is 0.826. The number of ether oxygens (including phenoxy) is 1. The van der Waals surface area contributed by atoms with Gasteiger partial charge in [0, 0.05) is 18.0 Å². The molecule has 1 aliphatic rings. The largest absolute Gasteiger partial charge is 0.378 e. The summed E-state index contributed by atoms with van der Waals surface area (Å²) >= 11 is 1.82. The van der Waals surface area contributed by atoms with E-state index in [-0.39, 0.29) is 0 Å². The highest BCUT2D eigenvalue weighted by molar-refractivity contribution is 7.17. The number of morpholine rings is 1. The van der Waals surface area contributed by atoms with Gasteiger partial charge in [0.1, 0.15) is 0 Å². The van der Waals surface area contributed by atoms with Gasteiger partial charge in [-0.05, 0) is 30.2 Å². The summed E-state index contributed by atoms with van der Waals surface area (Å²) in [5.41, 5.74) is 3.59. The van der Waals surface area contributed by atoms with Crippen LogP contribution in [0.5, 0.6) is 0 Å². The van der Waals surface area contributed by atoms with Gasteiger partial charge in [-0.1, -0.05) is 36.4 Å². The van der Waals surface area contributed by atoms with Crippen molar-refractivity contribution >= 4 is 21.9 Å². The minimum absolute atomic E-state index is 0.826. The molecule has 0 saturated carbocycles. The van der Waals surface area contributed by atoms with Gasteiger partial charge in [0.05, 0.1) is 18.2 Å². The third-order valence-corrected chi connectivity index (χ3v) is 4.82. The van der Waals surface area contributed by atoms with Crippen molar-refractivity contribution < 1.29 is 4.74 Å². The fraction of sp³-hybridized carbons (Fsp3) is 0.294. The number of nitrogens with zero attached hydrogens (tertiary/aromatic N) is 1. The Morgan fingerprint density at radius 2 is 1.80 bits per heavy atom. The van der Waals surface area contributed by atoms with Gasteiger partial charge in [-0.3, -0.25) is 0 Å². The van der Waals surface area contributed by atoms with Crippen LogP contribution in [0.4, 0.5) is 5.00 Å². The Morgan fingerprint density at radius 3 is 2.50 bits per heavy atom.